The van der Waals surface area contributed by atoms with Crippen molar-refractivity contribution < 1.29 is 4.79 Å². The van der Waals surface area contributed by atoms with Crippen LogP contribution in [0.2, 0.25) is 0 Å². The van der Waals surface area contributed by atoms with E-state index in [1.807, 2.05) is 30.3 Å². The van der Waals surface area contributed by atoms with Crippen LogP contribution in [0.1, 0.15) is 16.7 Å². The lowest BCUT2D eigenvalue weighted by atomic mass is 10.0. The van der Waals surface area contributed by atoms with E-state index < -0.39 is 0 Å². The van der Waals surface area contributed by atoms with Crippen molar-refractivity contribution in [2.24, 2.45) is 4.99 Å². The molecule has 0 spiro atoms. The van der Waals surface area contributed by atoms with Gasteiger partial charge in [0.05, 0.1) is 16.6 Å². The second-order valence-electron chi connectivity index (χ2n) is 7.03. The summed E-state index contributed by atoms with van der Waals surface area (Å²) in [6.45, 7) is 8.69. The van der Waals surface area contributed by atoms with E-state index in [9.17, 15) is 4.79 Å². The molecule has 0 atom stereocenters. The number of thiazole rings is 1. The maximum Gasteiger partial charge on any atom is 0.252 e. The largest absolute Gasteiger partial charge is 0.312 e. The zero-order valence-corrected chi connectivity index (χ0v) is 16.9. The Morgan fingerprint density at radius 1 is 1.14 bits per heavy atom. The summed E-state index contributed by atoms with van der Waals surface area (Å²) in [7, 11) is 0. The van der Waals surface area contributed by atoms with Crippen molar-refractivity contribution >= 4 is 38.2 Å². The third-order valence-corrected chi connectivity index (χ3v) is 6.10. The van der Waals surface area contributed by atoms with Gasteiger partial charge in [0.15, 0.2) is 4.80 Å². The number of carbonyl (C=O) groups is 1. The number of amides is 1. The molecule has 1 amide bonds. The Hall–Kier alpha value is -2.98. The molecule has 0 fully saturated rings. The Bertz CT molecular complexity index is 1270. The van der Waals surface area contributed by atoms with E-state index in [1.54, 1.807) is 11.3 Å². The van der Waals surface area contributed by atoms with E-state index in [0.717, 1.165) is 26.7 Å². The summed E-state index contributed by atoms with van der Waals surface area (Å²) < 4.78 is 3.25. The molecule has 0 N–H and O–H groups in total. The van der Waals surface area contributed by atoms with Crippen molar-refractivity contribution in [1.29, 1.82) is 0 Å². The van der Waals surface area contributed by atoms with Gasteiger partial charge >= 0.3 is 0 Å². The van der Waals surface area contributed by atoms with Gasteiger partial charge in [0, 0.05) is 6.54 Å². The normalized spacial score (nSPS) is 12.0. The van der Waals surface area contributed by atoms with Crippen LogP contribution in [-0.2, 0) is 17.8 Å². The second-order valence-corrected chi connectivity index (χ2v) is 8.01. The number of benzene rings is 3. The lowest BCUT2D eigenvalue weighted by molar-refractivity contribution is -0.117. The summed E-state index contributed by atoms with van der Waals surface area (Å²) >= 11 is 1.57. The van der Waals surface area contributed by atoms with E-state index in [2.05, 4.69) is 60.3 Å². The lowest BCUT2D eigenvalue weighted by Gasteiger charge is -2.05. The molecule has 0 radical (unpaired) electrons. The molecule has 3 nitrogen and oxygen atoms in total. The van der Waals surface area contributed by atoms with Crippen LogP contribution < -0.4 is 4.80 Å². The average Bonchev–Trinajstić information content (AvgIpc) is 3.00. The third-order valence-electron chi connectivity index (χ3n) is 4.87. The third kappa shape index (κ3) is 3.43. The Labute approximate surface area is 168 Å². The molecule has 0 aliphatic heterocycles. The van der Waals surface area contributed by atoms with Crippen LogP contribution in [0.15, 0.2) is 72.2 Å². The van der Waals surface area contributed by atoms with Crippen LogP contribution in [0.3, 0.4) is 0 Å². The number of fused-ring (bicyclic) bond motifs is 2. The molecule has 3 aromatic carbocycles. The molecular formula is C24H22N2OS. The zero-order chi connectivity index (χ0) is 19.7. The monoisotopic (exact) mass is 386 g/mol. The van der Waals surface area contributed by atoms with Crippen LogP contribution in [0.4, 0.5) is 0 Å². The maximum atomic E-state index is 12.8. The lowest BCUT2D eigenvalue weighted by Crippen LogP contribution is -2.17. The highest BCUT2D eigenvalue weighted by atomic mass is 32.1. The number of carbonyl (C=O) groups excluding carboxylic acids is 1. The molecule has 0 bridgehead atoms. The van der Waals surface area contributed by atoms with Crippen LogP contribution in [0, 0.1) is 13.8 Å². The van der Waals surface area contributed by atoms with Gasteiger partial charge in [-0.3, -0.25) is 4.79 Å². The van der Waals surface area contributed by atoms with E-state index in [-0.39, 0.29) is 5.91 Å². The number of rotatable bonds is 4. The fourth-order valence-electron chi connectivity index (χ4n) is 3.66. The van der Waals surface area contributed by atoms with Gasteiger partial charge in [-0.1, -0.05) is 65.9 Å². The van der Waals surface area contributed by atoms with Crippen LogP contribution in [-0.4, -0.2) is 10.5 Å². The van der Waals surface area contributed by atoms with Crippen molar-refractivity contribution in [1.82, 2.24) is 4.57 Å². The van der Waals surface area contributed by atoms with Gasteiger partial charge in [-0.25, -0.2) is 0 Å². The molecule has 4 rings (SSSR count). The van der Waals surface area contributed by atoms with Crippen LogP contribution in [0.5, 0.6) is 0 Å². The first kappa shape index (κ1) is 18.4. The summed E-state index contributed by atoms with van der Waals surface area (Å²) in [5.74, 6) is -0.130. The quantitative estimate of drug-likeness (QED) is 0.437. The number of hydrogen-bond acceptors (Lipinski definition) is 2. The summed E-state index contributed by atoms with van der Waals surface area (Å²) in [6, 6.07) is 18.5. The number of aromatic nitrogens is 1. The minimum absolute atomic E-state index is 0.130. The molecule has 0 aliphatic carbocycles. The Morgan fingerprint density at radius 2 is 1.93 bits per heavy atom. The number of nitrogens with zero attached hydrogens (tertiary/aromatic N) is 2. The fourth-order valence-corrected chi connectivity index (χ4v) is 4.77. The number of aryl methyl sites for hydroxylation is 2. The molecule has 28 heavy (non-hydrogen) atoms. The molecular weight excluding hydrogens is 364 g/mol. The van der Waals surface area contributed by atoms with Crippen molar-refractivity contribution in [2.45, 2.75) is 26.8 Å². The zero-order valence-electron chi connectivity index (χ0n) is 16.1. The van der Waals surface area contributed by atoms with Crippen LogP contribution in [0.25, 0.3) is 21.0 Å². The highest BCUT2D eigenvalue weighted by Gasteiger charge is 2.11. The van der Waals surface area contributed by atoms with E-state index in [1.165, 1.54) is 15.8 Å². The molecule has 4 heteroatoms. The minimum Gasteiger partial charge on any atom is -0.312 e. The fraction of sp³-hybridized carbons (Fsp3) is 0.167. The van der Waals surface area contributed by atoms with Gasteiger partial charge in [0.2, 0.25) is 0 Å². The molecule has 140 valence electrons. The molecule has 1 aromatic heterocycles. The van der Waals surface area contributed by atoms with Crippen molar-refractivity contribution in [3.63, 3.8) is 0 Å². The van der Waals surface area contributed by atoms with Gasteiger partial charge in [-0.15, -0.1) is 6.58 Å². The highest BCUT2D eigenvalue weighted by molar-refractivity contribution is 7.16. The standard InChI is InChI=1S/C24H22N2OS/c1-4-12-26-21-14-16(2)13-17(3)23(21)28-24(26)25-22(27)15-19-10-7-9-18-8-5-6-11-20(18)19/h4-11,13-14H,1,12,15H2,2-3H3. The highest BCUT2D eigenvalue weighted by Crippen LogP contribution is 2.24. The Balaban J connectivity index is 1.78. The van der Waals surface area contributed by atoms with Gasteiger partial charge in [0.1, 0.15) is 0 Å². The van der Waals surface area contributed by atoms with Gasteiger partial charge in [-0.2, -0.15) is 4.99 Å². The number of allylic oxidation sites excluding steroid dienone is 1. The van der Waals surface area contributed by atoms with Crippen molar-refractivity contribution in [2.75, 3.05) is 0 Å². The molecule has 0 saturated heterocycles. The summed E-state index contributed by atoms with van der Waals surface area (Å²) in [4.78, 5) is 18.0. The first-order valence-electron chi connectivity index (χ1n) is 9.32. The van der Waals surface area contributed by atoms with Gasteiger partial charge < -0.3 is 4.57 Å². The van der Waals surface area contributed by atoms with Crippen molar-refractivity contribution in [3.05, 3.63) is 88.7 Å². The predicted molar refractivity (Wildman–Crippen MR) is 118 cm³/mol. The van der Waals surface area contributed by atoms with Gasteiger partial charge in [0.25, 0.3) is 5.91 Å². The van der Waals surface area contributed by atoms with E-state index in [4.69, 9.17) is 0 Å². The summed E-state index contributed by atoms with van der Waals surface area (Å²) in [5.41, 5.74) is 4.53. The first-order valence-corrected chi connectivity index (χ1v) is 10.1. The maximum absolute atomic E-state index is 12.8. The SMILES string of the molecule is C=CCn1c(=NC(=O)Cc2cccc3ccccc23)sc2c(C)cc(C)cc21. The Morgan fingerprint density at radius 3 is 2.75 bits per heavy atom. The van der Waals surface area contributed by atoms with E-state index in [0.29, 0.717) is 13.0 Å². The Kier molecular flexibility index (Phi) is 4.97. The minimum atomic E-state index is -0.130. The van der Waals surface area contributed by atoms with E-state index >= 15 is 0 Å². The second kappa shape index (κ2) is 7.56. The smallest absolute Gasteiger partial charge is 0.252 e. The number of hydrogen-bond donors (Lipinski definition) is 0. The van der Waals surface area contributed by atoms with Crippen molar-refractivity contribution in [3.8, 4) is 0 Å². The molecule has 1 heterocycles. The molecule has 0 aliphatic rings. The van der Waals surface area contributed by atoms with Crippen LogP contribution >= 0.6 is 11.3 Å². The molecule has 0 saturated carbocycles. The summed E-state index contributed by atoms with van der Waals surface area (Å²) in [5, 5.41) is 2.25. The summed E-state index contributed by atoms with van der Waals surface area (Å²) in [6.07, 6.45) is 2.14. The first-order chi connectivity index (χ1) is 13.6. The average molecular weight is 387 g/mol. The predicted octanol–water partition coefficient (Wildman–Crippen LogP) is 5.33. The topological polar surface area (TPSA) is 34.4 Å². The van der Waals surface area contributed by atoms with Gasteiger partial charge in [-0.05, 0) is 47.4 Å². The molecule has 4 aromatic rings. The molecule has 0 unspecified atom stereocenters.